The molecule has 3 rings (SSSR count). The Labute approximate surface area is 162 Å². The van der Waals surface area contributed by atoms with Crippen molar-refractivity contribution in [1.29, 1.82) is 0 Å². The number of rotatable bonds is 4. The predicted octanol–water partition coefficient (Wildman–Crippen LogP) is 5.86. The van der Waals surface area contributed by atoms with Crippen LogP contribution in [0.4, 0.5) is 30.2 Å². The lowest BCUT2D eigenvalue weighted by Crippen LogP contribution is -2.13. The molecule has 0 aromatic heterocycles. The van der Waals surface area contributed by atoms with Gasteiger partial charge in [-0.2, -0.15) is 13.2 Å². The van der Waals surface area contributed by atoms with E-state index in [1.54, 1.807) is 0 Å². The average Bonchev–Trinajstić information content (AvgIpc) is 2.52. The Hall–Kier alpha value is -1.09. The Bertz CT molecular complexity index is 771. The summed E-state index contributed by atoms with van der Waals surface area (Å²) in [5.74, 6) is 0. The molecule has 1 aliphatic rings. The highest BCUT2D eigenvalue weighted by atomic mass is 79.9. The van der Waals surface area contributed by atoms with E-state index in [0.29, 0.717) is 35.8 Å². The fourth-order valence-electron chi connectivity index (χ4n) is 2.39. The maximum atomic E-state index is 13.2. The molecule has 1 heterocycles. The molecule has 0 fully saturated rings. The van der Waals surface area contributed by atoms with Crippen molar-refractivity contribution in [2.75, 3.05) is 23.7 Å². The first-order valence-electron chi connectivity index (χ1n) is 7.32. The van der Waals surface area contributed by atoms with Crippen LogP contribution in [0.5, 0.6) is 0 Å². The number of hydrogen-bond donors (Lipinski definition) is 3. The van der Waals surface area contributed by atoms with E-state index in [4.69, 9.17) is 5.73 Å². The number of halogens is 5. The summed E-state index contributed by atoms with van der Waals surface area (Å²) in [6, 6.07) is 8.01. The molecule has 2 aromatic carbocycles. The smallest absolute Gasteiger partial charge is 0.383 e. The van der Waals surface area contributed by atoms with Crippen LogP contribution in [-0.2, 0) is 6.18 Å². The Morgan fingerprint density at radius 3 is 2.60 bits per heavy atom. The molecule has 9 heteroatoms. The summed E-state index contributed by atoms with van der Waals surface area (Å²) in [6.45, 7) is 0.997. The van der Waals surface area contributed by atoms with Gasteiger partial charge in [-0.25, -0.2) is 0 Å². The standard InChI is InChI=1S/C16H15BrF3N3S.ClH/c17-10-2-3-11-13(8-10)24-14-7-9(16(18,19)20)6-12(15(14)23-11)22-5-1-4-21;/h2-3,6-8,22-23H,1,4-5,21H2;1H. The summed E-state index contributed by atoms with van der Waals surface area (Å²) in [5, 5.41) is 6.30. The largest absolute Gasteiger partial charge is 0.416 e. The van der Waals surface area contributed by atoms with Gasteiger partial charge in [-0.1, -0.05) is 27.7 Å². The van der Waals surface area contributed by atoms with E-state index in [-0.39, 0.29) is 12.4 Å². The van der Waals surface area contributed by atoms with Crippen molar-refractivity contribution >= 4 is 57.2 Å². The van der Waals surface area contributed by atoms with Gasteiger partial charge in [0.1, 0.15) is 0 Å². The monoisotopic (exact) mass is 453 g/mol. The van der Waals surface area contributed by atoms with Crippen LogP contribution in [0.3, 0.4) is 0 Å². The van der Waals surface area contributed by atoms with Crippen molar-refractivity contribution in [2.24, 2.45) is 5.73 Å². The summed E-state index contributed by atoms with van der Waals surface area (Å²) in [7, 11) is 0. The van der Waals surface area contributed by atoms with Gasteiger partial charge in [-0.15, -0.1) is 12.4 Å². The molecule has 4 N–H and O–H groups in total. The Balaban J connectivity index is 0.00000225. The third-order valence-electron chi connectivity index (χ3n) is 3.55. The van der Waals surface area contributed by atoms with Crippen molar-refractivity contribution in [3.8, 4) is 0 Å². The molecule has 0 spiro atoms. The van der Waals surface area contributed by atoms with Gasteiger partial charge in [0.05, 0.1) is 22.6 Å². The number of hydrogen-bond acceptors (Lipinski definition) is 4. The predicted molar refractivity (Wildman–Crippen MR) is 102 cm³/mol. The van der Waals surface area contributed by atoms with Gasteiger partial charge in [-0.3, -0.25) is 0 Å². The Kier molecular flexibility index (Phi) is 6.53. The number of nitrogens with one attached hydrogen (secondary N) is 2. The fourth-order valence-corrected chi connectivity index (χ4v) is 4.00. The molecule has 0 bridgehead atoms. The number of anilines is 3. The van der Waals surface area contributed by atoms with Crippen molar-refractivity contribution in [3.63, 3.8) is 0 Å². The minimum Gasteiger partial charge on any atom is -0.383 e. The van der Waals surface area contributed by atoms with E-state index in [1.807, 2.05) is 18.2 Å². The van der Waals surface area contributed by atoms with Gasteiger partial charge >= 0.3 is 6.18 Å². The van der Waals surface area contributed by atoms with Crippen molar-refractivity contribution in [3.05, 3.63) is 40.4 Å². The number of nitrogens with two attached hydrogens (primary N) is 1. The fraction of sp³-hybridized carbons (Fsp3) is 0.250. The molecular formula is C16H16BrClF3N3S. The summed E-state index contributed by atoms with van der Waals surface area (Å²) in [5.41, 5.74) is 6.78. The molecule has 1 aliphatic heterocycles. The van der Waals surface area contributed by atoms with Gasteiger partial charge in [0, 0.05) is 20.8 Å². The van der Waals surface area contributed by atoms with Crippen LogP contribution in [-0.4, -0.2) is 13.1 Å². The van der Waals surface area contributed by atoms with Crippen LogP contribution >= 0.6 is 40.1 Å². The molecule has 136 valence electrons. The number of benzene rings is 2. The van der Waals surface area contributed by atoms with Crippen LogP contribution in [0.15, 0.2) is 44.6 Å². The average molecular weight is 455 g/mol. The van der Waals surface area contributed by atoms with Crippen LogP contribution in [0.2, 0.25) is 0 Å². The molecule has 3 nitrogen and oxygen atoms in total. The van der Waals surface area contributed by atoms with E-state index < -0.39 is 11.7 Å². The number of alkyl halides is 3. The van der Waals surface area contributed by atoms with Crippen molar-refractivity contribution in [1.82, 2.24) is 0 Å². The SMILES string of the molecule is Cl.NCCCNc1cc(C(F)(F)F)cc2c1Nc1ccc(Br)cc1S2. The first kappa shape index (κ1) is 20.2. The van der Waals surface area contributed by atoms with Gasteiger partial charge in [0.15, 0.2) is 0 Å². The highest BCUT2D eigenvalue weighted by Crippen LogP contribution is 2.49. The number of fused-ring (bicyclic) bond motifs is 2. The van der Waals surface area contributed by atoms with Crippen LogP contribution in [0.1, 0.15) is 12.0 Å². The molecule has 25 heavy (non-hydrogen) atoms. The molecule has 0 unspecified atom stereocenters. The first-order chi connectivity index (χ1) is 11.4. The maximum Gasteiger partial charge on any atom is 0.416 e. The van der Waals surface area contributed by atoms with Crippen LogP contribution in [0.25, 0.3) is 0 Å². The normalized spacial score (nSPS) is 12.5. The zero-order chi connectivity index (χ0) is 17.3. The second-order valence-corrected chi connectivity index (χ2v) is 7.33. The van der Waals surface area contributed by atoms with Gasteiger partial charge in [-0.05, 0) is 43.3 Å². The van der Waals surface area contributed by atoms with Gasteiger partial charge in [0.2, 0.25) is 0 Å². The van der Waals surface area contributed by atoms with E-state index >= 15 is 0 Å². The van der Waals surface area contributed by atoms with E-state index in [0.717, 1.165) is 21.1 Å². The van der Waals surface area contributed by atoms with Crippen LogP contribution < -0.4 is 16.4 Å². The molecule has 2 aromatic rings. The van der Waals surface area contributed by atoms with E-state index in [9.17, 15) is 13.2 Å². The second kappa shape index (κ2) is 8.07. The van der Waals surface area contributed by atoms with E-state index in [2.05, 4.69) is 26.6 Å². The zero-order valence-corrected chi connectivity index (χ0v) is 16.1. The molecule has 0 radical (unpaired) electrons. The highest BCUT2D eigenvalue weighted by Gasteiger charge is 2.33. The van der Waals surface area contributed by atoms with Crippen molar-refractivity contribution in [2.45, 2.75) is 22.4 Å². The lowest BCUT2D eigenvalue weighted by molar-refractivity contribution is -0.137. The summed E-state index contributed by atoms with van der Waals surface area (Å²) >= 11 is 4.71. The minimum absolute atomic E-state index is 0. The summed E-state index contributed by atoms with van der Waals surface area (Å²) in [6.07, 6.45) is -3.71. The lowest BCUT2D eigenvalue weighted by Gasteiger charge is -2.25. The minimum atomic E-state index is -4.39. The first-order valence-corrected chi connectivity index (χ1v) is 8.93. The molecule has 0 saturated carbocycles. The quantitative estimate of drug-likeness (QED) is 0.432. The molecule has 0 atom stereocenters. The lowest BCUT2D eigenvalue weighted by atomic mass is 10.1. The third kappa shape index (κ3) is 4.55. The second-order valence-electron chi connectivity index (χ2n) is 5.33. The highest BCUT2D eigenvalue weighted by molar-refractivity contribution is 9.10. The molecule has 0 saturated heterocycles. The summed E-state index contributed by atoms with van der Waals surface area (Å²) in [4.78, 5) is 1.43. The topological polar surface area (TPSA) is 50.1 Å². The van der Waals surface area contributed by atoms with Crippen LogP contribution in [0, 0.1) is 0 Å². The Morgan fingerprint density at radius 2 is 1.92 bits per heavy atom. The van der Waals surface area contributed by atoms with Crippen molar-refractivity contribution < 1.29 is 13.2 Å². The maximum absolute atomic E-state index is 13.2. The van der Waals surface area contributed by atoms with Gasteiger partial charge in [0.25, 0.3) is 0 Å². The third-order valence-corrected chi connectivity index (χ3v) is 5.14. The molecule has 0 amide bonds. The van der Waals surface area contributed by atoms with E-state index in [1.165, 1.54) is 17.8 Å². The summed E-state index contributed by atoms with van der Waals surface area (Å²) < 4.78 is 40.5. The molecular weight excluding hydrogens is 439 g/mol. The molecule has 0 aliphatic carbocycles. The van der Waals surface area contributed by atoms with Gasteiger partial charge < -0.3 is 16.4 Å². The Morgan fingerprint density at radius 1 is 1.16 bits per heavy atom. The zero-order valence-electron chi connectivity index (χ0n) is 12.9.